The molecular weight excluding hydrogens is 504 g/mol. The molecule has 8 heteroatoms. The molecule has 8 nitrogen and oxygen atoms in total. The molecule has 202 valence electrons. The number of anilines is 1. The number of aromatic nitrogens is 2. The van der Waals surface area contributed by atoms with Crippen molar-refractivity contribution >= 4 is 12.2 Å². The fraction of sp³-hybridized carbons (Fsp3) is 0.281. The maximum absolute atomic E-state index is 14.6. The van der Waals surface area contributed by atoms with Gasteiger partial charge in [-0.15, -0.1) is 0 Å². The fourth-order valence-corrected chi connectivity index (χ4v) is 6.41. The van der Waals surface area contributed by atoms with Crippen LogP contribution in [-0.2, 0) is 11.8 Å². The Morgan fingerprint density at radius 3 is 2.62 bits per heavy atom. The number of ether oxygens (including phenoxy) is 3. The minimum Gasteiger partial charge on any atom is -0.497 e. The van der Waals surface area contributed by atoms with Crippen LogP contribution in [0.3, 0.4) is 0 Å². The van der Waals surface area contributed by atoms with Crippen LogP contribution < -0.4 is 25.2 Å². The van der Waals surface area contributed by atoms with Gasteiger partial charge in [-0.05, 0) is 72.9 Å². The molecule has 2 aliphatic carbocycles. The second kappa shape index (κ2) is 9.86. The van der Waals surface area contributed by atoms with E-state index in [-0.39, 0.29) is 17.8 Å². The molecule has 3 aliphatic rings. The molecule has 1 aromatic heterocycles. The monoisotopic (exact) mass is 534 g/mol. The van der Waals surface area contributed by atoms with Crippen molar-refractivity contribution < 1.29 is 14.2 Å². The number of nitrogens with one attached hydrogen (secondary N) is 1. The number of benzene rings is 3. The van der Waals surface area contributed by atoms with E-state index in [1.807, 2.05) is 48.5 Å². The molecule has 7 rings (SSSR count). The van der Waals surface area contributed by atoms with Crippen LogP contribution in [0.25, 0.3) is 16.9 Å². The fourth-order valence-electron chi connectivity index (χ4n) is 6.41. The zero-order valence-corrected chi connectivity index (χ0v) is 22.4. The van der Waals surface area contributed by atoms with Gasteiger partial charge in [0, 0.05) is 11.0 Å². The highest BCUT2D eigenvalue weighted by atomic mass is 16.7. The third-order valence-electron chi connectivity index (χ3n) is 8.33. The van der Waals surface area contributed by atoms with Gasteiger partial charge in [0.2, 0.25) is 12.7 Å². The molecule has 0 radical (unpaired) electrons. The largest absolute Gasteiger partial charge is 0.497 e. The molecule has 0 saturated heterocycles. The third kappa shape index (κ3) is 4.11. The van der Waals surface area contributed by atoms with Crippen molar-refractivity contribution in [3.8, 4) is 34.2 Å². The van der Waals surface area contributed by atoms with Gasteiger partial charge in [-0.3, -0.25) is 4.79 Å². The lowest BCUT2D eigenvalue weighted by Gasteiger charge is -2.42. The predicted octanol–water partition coefficient (Wildman–Crippen LogP) is 5.84. The van der Waals surface area contributed by atoms with Crippen molar-refractivity contribution in [2.75, 3.05) is 19.3 Å². The van der Waals surface area contributed by atoms with Gasteiger partial charge in [0.05, 0.1) is 30.3 Å². The van der Waals surface area contributed by atoms with E-state index in [1.165, 1.54) is 12.0 Å². The Bertz CT molecular complexity index is 1670. The standard InChI is InChI=1S/C32H30N4O4/c1-38-24-12-10-23(11-13-24)36-30(37)28-29(25-8-4-3-7-22(25)18-32(28)15-5-2-6-16-32)34-31(36)35-33-19-21-9-14-26-27(17-21)40-20-39-26/h3-4,7-14,17,19H,2,5-6,15-16,18,20H2,1H3,(H,34,35)/b33-19+. The average Bonchev–Trinajstić information content (AvgIpc) is 3.46. The summed E-state index contributed by atoms with van der Waals surface area (Å²) in [5.74, 6) is 2.47. The first kappa shape index (κ1) is 24.5. The Hall–Kier alpha value is -4.59. The lowest BCUT2D eigenvalue weighted by atomic mass is 9.62. The van der Waals surface area contributed by atoms with E-state index in [0.29, 0.717) is 23.1 Å². The minimum atomic E-state index is -0.214. The zero-order valence-electron chi connectivity index (χ0n) is 22.4. The van der Waals surface area contributed by atoms with Crippen molar-refractivity contribution in [1.82, 2.24) is 9.55 Å². The topological polar surface area (TPSA) is 87.0 Å². The SMILES string of the molecule is COc1ccc(-n2c(N/N=C/c3ccc4c(c3)OCO4)nc3c(c2=O)C2(CCCCC2)Cc2ccccc2-3)cc1. The first-order valence-electron chi connectivity index (χ1n) is 13.7. The summed E-state index contributed by atoms with van der Waals surface area (Å²) in [5, 5.41) is 4.49. The smallest absolute Gasteiger partial charge is 0.263 e. The van der Waals surface area contributed by atoms with Crippen LogP contribution in [0.2, 0.25) is 0 Å². The number of hydrazone groups is 1. The van der Waals surface area contributed by atoms with E-state index in [2.05, 4.69) is 28.7 Å². The molecule has 1 aliphatic heterocycles. The Kier molecular flexibility index (Phi) is 6.03. The van der Waals surface area contributed by atoms with Crippen LogP contribution in [0.1, 0.15) is 48.8 Å². The van der Waals surface area contributed by atoms with Gasteiger partial charge in [-0.1, -0.05) is 43.5 Å². The first-order chi connectivity index (χ1) is 19.6. The lowest BCUT2D eigenvalue weighted by molar-refractivity contribution is 0.174. The van der Waals surface area contributed by atoms with Gasteiger partial charge >= 0.3 is 0 Å². The summed E-state index contributed by atoms with van der Waals surface area (Å²) < 4.78 is 17.9. The normalized spacial score (nSPS) is 16.5. The number of hydrogen-bond acceptors (Lipinski definition) is 7. The summed E-state index contributed by atoms with van der Waals surface area (Å²) in [7, 11) is 1.63. The highest BCUT2D eigenvalue weighted by molar-refractivity contribution is 5.81. The summed E-state index contributed by atoms with van der Waals surface area (Å²) in [6.45, 7) is 0.213. The summed E-state index contributed by atoms with van der Waals surface area (Å²) >= 11 is 0. The van der Waals surface area contributed by atoms with E-state index in [1.54, 1.807) is 17.9 Å². The van der Waals surface area contributed by atoms with Gasteiger partial charge in [0.1, 0.15) is 5.75 Å². The van der Waals surface area contributed by atoms with Gasteiger partial charge in [-0.25, -0.2) is 15.0 Å². The molecular formula is C32H30N4O4. The van der Waals surface area contributed by atoms with Crippen LogP contribution in [0, 0.1) is 0 Å². The van der Waals surface area contributed by atoms with Crippen molar-refractivity contribution in [2.24, 2.45) is 5.10 Å². The number of fused-ring (bicyclic) bond motifs is 5. The highest BCUT2D eigenvalue weighted by Gasteiger charge is 2.43. The van der Waals surface area contributed by atoms with Gasteiger partial charge in [-0.2, -0.15) is 5.10 Å². The first-order valence-corrected chi connectivity index (χ1v) is 13.7. The predicted molar refractivity (Wildman–Crippen MR) is 154 cm³/mol. The molecule has 1 fully saturated rings. The van der Waals surface area contributed by atoms with E-state index in [0.717, 1.165) is 60.2 Å². The summed E-state index contributed by atoms with van der Waals surface area (Å²) in [4.78, 5) is 19.7. The molecule has 0 atom stereocenters. The number of nitrogens with zero attached hydrogens (tertiary/aromatic N) is 3. The molecule has 1 saturated carbocycles. The van der Waals surface area contributed by atoms with E-state index < -0.39 is 0 Å². The molecule has 4 aromatic rings. The molecule has 40 heavy (non-hydrogen) atoms. The Balaban J connectivity index is 1.38. The van der Waals surface area contributed by atoms with Crippen LogP contribution in [0.4, 0.5) is 5.95 Å². The van der Waals surface area contributed by atoms with Crippen molar-refractivity contribution in [2.45, 2.75) is 43.9 Å². The highest BCUT2D eigenvalue weighted by Crippen LogP contribution is 2.49. The van der Waals surface area contributed by atoms with E-state index in [4.69, 9.17) is 19.2 Å². The van der Waals surface area contributed by atoms with Crippen molar-refractivity contribution in [3.05, 3.63) is 93.8 Å². The van der Waals surface area contributed by atoms with Crippen molar-refractivity contribution in [1.29, 1.82) is 0 Å². The lowest BCUT2D eigenvalue weighted by Crippen LogP contribution is -2.42. The molecule has 1 spiro atoms. The van der Waals surface area contributed by atoms with Crippen LogP contribution in [-0.4, -0.2) is 29.7 Å². The van der Waals surface area contributed by atoms with Gasteiger partial charge < -0.3 is 14.2 Å². The van der Waals surface area contributed by atoms with Crippen LogP contribution in [0.5, 0.6) is 17.2 Å². The summed E-state index contributed by atoms with van der Waals surface area (Å²) in [5.41, 5.74) is 8.22. The minimum absolute atomic E-state index is 0.0488. The molecule has 3 aromatic carbocycles. The summed E-state index contributed by atoms with van der Waals surface area (Å²) in [6.07, 6.45) is 7.96. The second-order valence-electron chi connectivity index (χ2n) is 10.7. The Morgan fingerprint density at radius 2 is 1.80 bits per heavy atom. The van der Waals surface area contributed by atoms with Crippen LogP contribution >= 0.6 is 0 Å². The third-order valence-corrected chi connectivity index (χ3v) is 8.33. The molecule has 0 unspecified atom stereocenters. The van der Waals surface area contributed by atoms with Crippen LogP contribution in [0.15, 0.2) is 76.6 Å². The quantitative estimate of drug-likeness (QED) is 0.256. The number of methoxy groups -OCH3 is 1. The zero-order chi connectivity index (χ0) is 27.1. The Labute approximate surface area is 232 Å². The molecule has 2 heterocycles. The Morgan fingerprint density at radius 1 is 1.00 bits per heavy atom. The number of rotatable bonds is 5. The molecule has 1 N–H and O–H groups in total. The number of hydrogen-bond donors (Lipinski definition) is 1. The van der Waals surface area contributed by atoms with E-state index >= 15 is 0 Å². The van der Waals surface area contributed by atoms with Gasteiger partial charge in [0.15, 0.2) is 11.5 Å². The second-order valence-corrected chi connectivity index (χ2v) is 10.7. The maximum Gasteiger partial charge on any atom is 0.263 e. The molecule has 0 amide bonds. The average molecular weight is 535 g/mol. The maximum atomic E-state index is 14.6. The van der Waals surface area contributed by atoms with Gasteiger partial charge in [0.25, 0.3) is 5.56 Å². The van der Waals surface area contributed by atoms with E-state index in [9.17, 15) is 4.79 Å². The molecule has 0 bridgehead atoms. The van der Waals surface area contributed by atoms with Crippen molar-refractivity contribution in [3.63, 3.8) is 0 Å². The summed E-state index contributed by atoms with van der Waals surface area (Å²) in [6, 6.07) is 21.4.